The lowest BCUT2D eigenvalue weighted by molar-refractivity contribution is -0.130. The monoisotopic (exact) mass is 629 g/mol. The maximum Gasteiger partial charge on any atom is 0.219 e. The van der Waals surface area contributed by atoms with Gasteiger partial charge in [0.1, 0.15) is 24.7 Å². The normalized spacial score (nSPS) is 21.5. The molecule has 1 amide bonds. The van der Waals surface area contributed by atoms with Gasteiger partial charge in [-0.1, -0.05) is 85.6 Å². The van der Waals surface area contributed by atoms with Crippen LogP contribution in [0.4, 0.5) is 0 Å². The molecular formula is C41H47N3O3. The lowest BCUT2D eigenvalue weighted by Crippen LogP contribution is -2.49. The summed E-state index contributed by atoms with van der Waals surface area (Å²) in [5, 5.41) is 7.71. The minimum absolute atomic E-state index is 0.144. The topological polar surface area (TPSA) is 62.8 Å². The van der Waals surface area contributed by atoms with Crippen LogP contribution in [0.1, 0.15) is 78.8 Å². The first-order valence-electron chi connectivity index (χ1n) is 17.4. The number of rotatable bonds is 0. The van der Waals surface area contributed by atoms with Crippen molar-refractivity contribution < 1.29 is 14.3 Å². The van der Waals surface area contributed by atoms with Gasteiger partial charge in [0.25, 0.3) is 0 Å². The van der Waals surface area contributed by atoms with Crippen molar-refractivity contribution in [2.24, 2.45) is 0 Å². The number of carbonyl (C=O) groups is 1. The largest absolute Gasteiger partial charge is 0.489 e. The Labute approximate surface area is 279 Å². The molecule has 0 aromatic heterocycles. The quantitative estimate of drug-likeness (QED) is 0.214. The predicted molar refractivity (Wildman–Crippen MR) is 186 cm³/mol. The molecule has 0 unspecified atom stereocenters. The summed E-state index contributed by atoms with van der Waals surface area (Å²) in [5.74, 6) is 1.87. The Bertz CT molecular complexity index is 1500. The standard InChI is InChI=1S/C41H47N3O3/c1-30(45)44-24-22-41(23-25-44)35-14-18-37(19-15-35)46-28-33-10-6-31(7-11-33)26-42-39-4-2-3-5-40(39)43-27-32-8-12-34(13-9-32)29-47-38-20-16-36(41)17-21-38/h6-21,39-40,42-43H,2-5,22-29H2,1H3/t39-,40-/m1/s1. The zero-order chi connectivity index (χ0) is 32.1. The molecular weight excluding hydrogens is 582 g/mol. The van der Waals surface area contributed by atoms with Crippen LogP contribution >= 0.6 is 0 Å². The second-order valence-corrected chi connectivity index (χ2v) is 13.6. The third-order valence-electron chi connectivity index (χ3n) is 10.6. The zero-order valence-electron chi connectivity index (χ0n) is 27.5. The maximum atomic E-state index is 12.2. The van der Waals surface area contributed by atoms with E-state index in [0.29, 0.717) is 25.3 Å². The van der Waals surface area contributed by atoms with Crippen molar-refractivity contribution in [2.45, 2.75) is 89.3 Å². The number of fused-ring (bicyclic) bond motifs is 4. The Kier molecular flexibility index (Phi) is 9.59. The third-order valence-corrected chi connectivity index (χ3v) is 10.6. The molecule has 11 rings (SSSR count). The highest BCUT2D eigenvalue weighted by atomic mass is 16.5. The fourth-order valence-electron chi connectivity index (χ4n) is 7.65. The van der Waals surface area contributed by atoms with Gasteiger partial charge in [-0.3, -0.25) is 4.79 Å². The van der Waals surface area contributed by atoms with E-state index in [-0.39, 0.29) is 11.3 Å². The molecule has 2 fully saturated rings. The van der Waals surface area contributed by atoms with E-state index in [1.807, 2.05) is 4.90 Å². The number of hydrogen-bond acceptors (Lipinski definition) is 5. The fraction of sp³-hybridized carbons (Fsp3) is 0.390. The molecule has 244 valence electrons. The van der Waals surface area contributed by atoms with Gasteiger partial charge < -0.3 is 25.0 Å². The number of amides is 1. The maximum absolute atomic E-state index is 12.2. The van der Waals surface area contributed by atoms with E-state index >= 15 is 0 Å². The van der Waals surface area contributed by atoms with Gasteiger partial charge in [0.15, 0.2) is 0 Å². The lowest BCUT2D eigenvalue weighted by atomic mass is 9.68. The van der Waals surface area contributed by atoms with Crippen LogP contribution in [0.5, 0.6) is 11.5 Å². The van der Waals surface area contributed by atoms with Crippen molar-refractivity contribution in [1.29, 1.82) is 0 Å². The van der Waals surface area contributed by atoms with Gasteiger partial charge in [0.05, 0.1) is 0 Å². The van der Waals surface area contributed by atoms with Crippen molar-refractivity contribution in [2.75, 3.05) is 13.1 Å². The smallest absolute Gasteiger partial charge is 0.219 e. The molecule has 6 heteroatoms. The fourth-order valence-corrected chi connectivity index (χ4v) is 7.65. The number of hydrogen-bond donors (Lipinski definition) is 2. The van der Waals surface area contributed by atoms with E-state index in [4.69, 9.17) is 9.47 Å². The number of nitrogens with zero attached hydrogens (tertiary/aromatic N) is 1. The van der Waals surface area contributed by atoms with Crippen molar-refractivity contribution in [3.8, 4) is 11.5 Å². The summed E-state index contributed by atoms with van der Waals surface area (Å²) in [6, 6.07) is 35.8. The zero-order valence-corrected chi connectivity index (χ0v) is 27.5. The van der Waals surface area contributed by atoms with Crippen molar-refractivity contribution >= 4 is 5.91 Å². The summed E-state index contributed by atoms with van der Waals surface area (Å²) in [5.41, 5.74) is 7.25. The molecule has 6 heterocycles. The summed E-state index contributed by atoms with van der Waals surface area (Å²) >= 11 is 0. The van der Waals surface area contributed by atoms with Crippen molar-refractivity contribution in [3.63, 3.8) is 0 Å². The van der Waals surface area contributed by atoms with E-state index < -0.39 is 0 Å². The first kappa shape index (κ1) is 31.5. The minimum Gasteiger partial charge on any atom is -0.489 e. The van der Waals surface area contributed by atoms with Crippen LogP contribution in [0.2, 0.25) is 0 Å². The number of likely N-dealkylation sites (tertiary alicyclic amines) is 1. The van der Waals surface area contributed by atoms with Gasteiger partial charge in [0, 0.05) is 50.6 Å². The summed E-state index contributed by atoms with van der Waals surface area (Å²) in [4.78, 5) is 14.2. The summed E-state index contributed by atoms with van der Waals surface area (Å²) in [6.07, 6.45) is 6.72. The molecule has 1 saturated heterocycles. The molecule has 6 nitrogen and oxygen atoms in total. The van der Waals surface area contributed by atoms with Gasteiger partial charge >= 0.3 is 0 Å². The molecule has 47 heavy (non-hydrogen) atoms. The summed E-state index contributed by atoms with van der Waals surface area (Å²) in [7, 11) is 0. The minimum atomic E-state index is -0.183. The number of carbonyl (C=O) groups excluding carboxylic acids is 1. The molecule has 2 N–H and O–H groups in total. The molecule has 1 spiro atoms. The van der Waals surface area contributed by atoms with E-state index in [1.54, 1.807) is 6.92 Å². The van der Waals surface area contributed by atoms with Gasteiger partial charge in [-0.25, -0.2) is 0 Å². The van der Waals surface area contributed by atoms with E-state index in [0.717, 1.165) is 61.6 Å². The Morgan fingerprint density at radius 2 is 1.02 bits per heavy atom. The molecule has 2 atom stereocenters. The van der Waals surface area contributed by atoms with E-state index in [9.17, 15) is 4.79 Å². The molecule has 4 aromatic carbocycles. The van der Waals surface area contributed by atoms with Crippen LogP contribution in [0.15, 0.2) is 97.1 Å². The Balaban J connectivity index is 1.14. The highest BCUT2D eigenvalue weighted by Gasteiger charge is 2.38. The number of benzene rings is 4. The summed E-state index contributed by atoms with van der Waals surface area (Å²) < 4.78 is 12.5. The highest BCUT2D eigenvalue weighted by molar-refractivity contribution is 5.73. The van der Waals surface area contributed by atoms with Crippen molar-refractivity contribution in [1.82, 2.24) is 15.5 Å². The van der Waals surface area contributed by atoms with Gasteiger partial charge in [-0.2, -0.15) is 0 Å². The van der Waals surface area contributed by atoms with Crippen LogP contribution in [0, 0.1) is 0 Å². The summed E-state index contributed by atoms with van der Waals surface area (Å²) in [6.45, 7) is 5.95. The lowest BCUT2D eigenvalue weighted by Gasteiger charge is -2.42. The molecule has 4 aromatic rings. The van der Waals surface area contributed by atoms with Crippen LogP contribution in [0.25, 0.3) is 0 Å². The number of nitrogens with one attached hydrogen (secondary N) is 2. The van der Waals surface area contributed by atoms with Gasteiger partial charge in [-0.05, 0) is 83.3 Å². The Morgan fingerprint density at radius 3 is 1.43 bits per heavy atom. The Hall–Kier alpha value is -4.13. The second-order valence-electron chi connectivity index (χ2n) is 13.6. The molecule has 0 radical (unpaired) electrons. The number of piperidine rings is 1. The van der Waals surface area contributed by atoms with E-state index in [1.165, 1.54) is 47.9 Å². The average molecular weight is 630 g/mol. The van der Waals surface area contributed by atoms with E-state index in [2.05, 4.69) is 108 Å². The average Bonchev–Trinajstić information content (AvgIpc) is 3.12. The van der Waals surface area contributed by atoms with Crippen LogP contribution < -0.4 is 20.1 Å². The third kappa shape index (κ3) is 7.39. The highest BCUT2D eigenvalue weighted by Crippen LogP contribution is 2.43. The number of ether oxygens (including phenoxy) is 2. The van der Waals surface area contributed by atoms with Crippen LogP contribution in [-0.2, 0) is 36.5 Å². The Morgan fingerprint density at radius 1 is 0.617 bits per heavy atom. The first-order chi connectivity index (χ1) is 23.0. The van der Waals surface area contributed by atoms with Gasteiger partial charge in [0.2, 0.25) is 5.91 Å². The molecule has 1 saturated carbocycles. The molecule has 1 aliphatic carbocycles. The molecule has 8 bridgehead atoms. The molecule has 7 aliphatic rings. The van der Waals surface area contributed by atoms with Crippen LogP contribution in [0.3, 0.4) is 0 Å². The first-order valence-corrected chi connectivity index (χ1v) is 17.4. The van der Waals surface area contributed by atoms with Crippen molar-refractivity contribution in [3.05, 3.63) is 130 Å². The predicted octanol–water partition coefficient (Wildman–Crippen LogP) is 7.28. The van der Waals surface area contributed by atoms with Crippen LogP contribution in [-0.4, -0.2) is 36.0 Å². The molecule has 6 aliphatic heterocycles. The van der Waals surface area contributed by atoms with Gasteiger partial charge in [-0.15, -0.1) is 0 Å². The second kappa shape index (κ2) is 14.3. The SMILES string of the molecule is CC(=O)N1CCC2(CC1)c1ccc(cc1)OCc1ccc(cc1)CN[C@@H]1CCCC[C@H]1NCc1ccc(cc1)COc1ccc2cc1.